The van der Waals surface area contributed by atoms with E-state index in [1.807, 2.05) is 48.5 Å². The van der Waals surface area contributed by atoms with Gasteiger partial charge in [-0.2, -0.15) is 5.26 Å². The van der Waals surface area contributed by atoms with Gasteiger partial charge in [0.25, 0.3) is 0 Å². The molecule has 0 unspecified atom stereocenters. The number of nitrogens with zero attached hydrogens (tertiary/aromatic N) is 4. The molecule has 0 bridgehead atoms. The number of nitrogens with one attached hydrogen (secondary N) is 2. The van der Waals surface area contributed by atoms with Gasteiger partial charge in [-0.05, 0) is 35.4 Å². The zero-order valence-electron chi connectivity index (χ0n) is 18.8. The number of aromatic nitrogens is 2. The van der Waals surface area contributed by atoms with Gasteiger partial charge in [0.2, 0.25) is 0 Å². The standard InChI is InChI=1S/C26H26N6O2/c27-15-22-14-21(4-5-25(22)34-23-7-10-33-11-8-23)24-6-9-30-26(31-24)13-19-2-1-3-20(12-19)16-32(17-28)18-29/h1-6,9,12,14,17-18,23,28-29H,7-8,10-11,13,16H2. The first-order valence-corrected chi connectivity index (χ1v) is 11.1. The third-order valence-electron chi connectivity index (χ3n) is 5.61. The Morgan fingerprint density at radius 3 is 2.65 bits per heavy atom. The third kappa shape index (κ3) is 5.82. The zero-order chi connectivity index (χ0) is 23.8. The van der Waals surface area contributed by atoms with Crippen molar-refractivity contribution >= 4 is 12.7 Å². The summed E-state index contributed by atoms with van der Waals surface area (Å²) in [5.74, 6) is 1.26. The van der Waals surface area contributed by atoms with Gasteiger partial charge in [-0.3, -0.25) is 10.8 Å². The van der Waals surface area contributed by atoms with E-state index in [1.165, 1.54) is 4.90 Å². The van der Waals surface area contributed by atoms with Gasteiger partial charge < -0.3 is 14.4 Å². The number of hydrogen-bond donors (Lipinski definition) is 2. The van der Waals surface area contributed by atoms with E-state index in [9.17, 15) is 5.26 Å². The van der Waals surface area contributed by atoms with Crippen LogP contribution in [-0.2, 0) is 17.7 Å². The van der Waals surface area contributed by atoms with E-state index < -0.39 is 0 Å². The Balaban J connectivity index is 1.51. The fourth-order valence-electron chi connectivity index (χ4n) is 3.86. The van der Waals surface area contributed by atoms with E-state index in [0.717, 1.165) is 47.9 Å². The van der Waals surface area contributed by atoms with Crippen LogP contribution in [0.15, 0.2) is 54.7 Å². The molecule has 8 nitrogen and oxygen atoms in total. The monoisotopic (exact) mass is 454 g/mol. The molecule has 0 saturated carbocycles. The van der Waals surface area contributed by atoms with E-state index in [1.54, 1.807) is 6.20 Å². The Hall–Kier alpha value is -4.09. The normalized spacial score (nSPS) is 13.6. The average Bonchev–Trinajstić information content (AvgIpc) is 2.88. The SMILES string of the molecule is N#Cc1cc(-c2ccnc(Cc3cccc(CN(C=N)C=N)c3)n2)ccc1OC1CCOCC1. The minimum Gasteiger partial charge on any atom is -0.489 e. The van der Waals surface area contributed by atoms with Crippen molar-refractivity contribution in [1.82, 2.24) is 14.9 Å². The van der Waals surface area contributed by atoms with Crippen molar-refractivity contribution in [3.8, 4) is 23.1 Å². The van der Waals surface area contributed by atoms with Crippen molar-refractivity contribution in [2.45, 2.75) is 31.9 Å². The van der Waals surface area contributed by atoms with Crippen LogP contribution in [0, 0.1) is 22.1 Å². The maximum Gasteiger partial charge on any atom is 0.137 e. The van der Waals surface area contributed by atoms with Gasteiger partial charge in [0, 0.05) is 37.6 Å². The highest BCUT2D eigenvalue weighted by Crippen LogP contribution is 2.27. The van der Waals surface area contributed by atoms with Gasteiger partial charge >= 0.3 is 0 Å². The van der Waals surface area contributed by atoms with Gasteiger partial charge in [0.15, 0.2) is 0 Å². The van der Waals surface area contributed by atoms with Crippen LogP contribution < -0.4 is 4.74 Å². The number of hydrogen-bond acceptors (Lipinski definition) is 7. The molecule has 4 rings (SSSR count). The van der Waals surface area contributed by atoms with Crippen LogP contribution in [0.1, 0.15) is 35.4 Å². The lowest BCUT2D eigenvalue weighted by atomic mass is 10.1. The molecule has 1 saturated heterocycles. The van der Waals surface area contributed by atoms with Crippen molar-refractivity contribution in [3.63, 3.8) is 0 Å². The molecule has 34 heavy (non-hydrogen) atoms. The van der Waals surface area contributed by atoms with Crippen LogP contribution >= 0.6 is 0 Å². The second kappa shape index (κ2) is 11.2. The Morgan fingerprint density at radius 2 is 1.88 bits per heavy atom. The van der Waals surface area contributed by atoms with Gasteiger partial charge in [-0.15, -0.1) is 0 Å². The third-order valence-corrected chi connectivity index (χ3v) is 5.61. The van der Waals surface area contributed by atoms with Crippen LogP contribution in [0.3, 0.4) is 0 Å². The lowest BCUT2D eigenvalue weighted by Crippen LogP contribution is -2.26. The van der Waals surface area contributed by atoms with Crippen molar-refractivity contribution in [3.05, 3.63) is 77.2 Å². The van der Waals surface area contributed by atoms with Gasteiger partial charge in [0.1, 0.15) is 23.7 Å². The van der Waals surface area contributed by atoms with Crippen molar-refractivity contribution in [1.29, 1.82) is 16.1 Å². The maximum atomic E-state index is 9.67. The molecule has 0 amide bonds. The Bertz CT molecular complexity index is 1190. The van der Waals surface area contributed by atoms with E-state index in [0.29, 0.717) is 43.3 Å². The van der Waals surface area contributed by atoms with E-state index in [4.69, 9.17) is 25.3 Å². The molecule has 0 radical (unpaired) electrons. The smallest absolute Gasteiger partial charge is 0.137 e. The molecule has 8 heteroatoms. The fourth-order valence-corrected chi connectivity index (χ4v) is 3.86. The van der Waals surface area contributed by atoms with Crippen LogP contribution in [0.4, 0.5) is 0 Å². The summed E-state index contributed by atoms with van der Waals surface area (Å²) in [5.41, 5.74) is 4.11. The van der Waals surface area contributed by atoms with Crippen molar-refractivity contribution < 1.29 is 9.47 Å². The zero-order valence-corrected chi connectivity index (χ0v) is 18.8. The van der Waals surface area contributed by atoms with Crippen molar-refractivity contribution in [2.75, 3.05) is 13.2 Å². The summed E-state index contributed by atoms with van der Waals surface area (Å²) < 4.78 is 11.4. The molecule has 0 aliphatic carbocycles. The van der Waals surface area contributed by atoms with Crippen LogP contribution in [0.2, 0.25) is 0 Å². The molecule has 1 aliphatic heterocycles. The minimum atomic E-state index is 0.0678. The summed E-state index contributed by atoms with van der Waals surface area (Å²) in [6.07, 6.45) is 6.24. The maximum absolute atomic E-state index is 9.67. The molecule has 2 N–H and O–H groups in total. The minimum absolute atomic E-state index is 0.0678. The number of nitriles is 1. The van der Waals surface area contributed by atoms with Crippen LogP contribution in [0.5, 0.6) is 5.75 Å². The summed E-state index contributed by atoms with van der Waals surface area (Å²) in [6.45, 7) is 1.82. The molecular weight excluding hydrogens is 428 g/mol. The summed E-state index contributed by atoms with van der Waals surface area (Å²) in [7, 11) is 0. The lowest BCUT2D eigenvalue weighted by molar-refractivity contribution is 0.0254. The molecule has 0 atom stereocenters. The van der Waals surface area contributed by atoms with Gasteiger partial charge in [-0.25, -0.2) is 9.97 Å². The molecular formula is C26H26N6O2. The Labute approximate surface area is 198 Å². The molecule has 1 aromatic heterocycles. The van der Waals surface area contributed by atoms with E-state index in [2.05, 4.69) is 11.1 Å². The van der Waals surface area contributed by atoms with Gasteiger partial charge in [-0.1, -0.05) is 24.3 Å². The first-order chi connectivity index (χ1) is 16.7. The topological polar surface area (TPSA) is 119 Å². The fraction of sp³-hybridized carbons (Fsp3) is 0.269. The molecule has 3 aromatic rings. The molecule has 2 heterocycles. The number of ether oxygens (including phenoxy) is 2. The van der Waals surface area contributed by atoms with Crippen LogP contribution in [-0.4, -0.2) is 46.9 Å². The second-order valence-electron chi connectivity index (χ2n) is 8.04. The molecule has 172 valence electrons. The summed E-state index contributed by atoms with van der Waals surface area (Å²) in [5, 5.41) is 24.4. The average molecular weight is 455 g/mol. The quantitative estimate of drug-likeness (QED) is 0.370. The molecule has 0 spiro atoms. The predicted octanol–water partition coefficient (Wildman–Crippen LogP) is 4.18. The molecule has 1 fully saturated rings. The first-order valence-electron chi connectivity index (χ1n) is 11.1. The highest BCUT2D eigenvalue weighted by molar-refractivity contribution is 5.71. The number of benzene rings is 2. The lowest BCUT2D eigenvalue weighted by Gasteiger charge is -2.23. The molecule has 2 aromatic carbocycles. The number of rotatable bonds is 9. The Kier molecular flexibility index (Phi) is 7.58. The Morgan fingerprint density at radius 1 is 1.09 bits per heavy atom. The van der Waals surface area contributed by atoms with Gasteiger partial charge in [0.05, 0.1) is 37.1 Å². The second-order valence-corrected chi connectivity index (χ2v) is 8.04. The largest absolute Gasteiger partial charge is 0.489 e. The van der Waals surface area contributed by atoms with E-state index in [-0.39, 0.29) is 6.10 Å². The summed E-state index contributed by atoms with van der Waals surface area (Å²) >= 11 is 0. The van der Waals surface area contributed by atoms with E-state index >= 15 is 0 Å². The highest BCUT2D eigenvalue weighted by Gasteiger charge is 2.17. The summed E-state index contributed by atoms with van der Waals surface area (Å²) in [6, 6.07) is 17.6. The highest BCUT2D eigenvalue weighted by atomic mass is 16.5. The van der Waals surface area contributed by atoms with Crippen LogP contribution in [0.25, 0.3) is 11.3 Å². The summed E-state index contributed by atoms with van der Waals surface area (Å²) in [4.78, 5) is 10.6. The first kappa shape index (κ1) is 23.1. The van der Waals surface area contributed by atoms with Crippen molar-refractivity contribution in [2.24, 2.45) is 0 Å². The molecule has 1 aliphatic rings. The predicted molar refractivity (Wildman–Crippen MR) is 129 cm³/mol.